The molecule has 2 aromatic carbocycles. The van der Waals surface area contributed by atoms with E-state index in [0.29, 0.717) is 17.9 Å². The molecule has 3 aromatic rings. The number of β-amino-alcohol motifs (C(OH)–C–C–N with tert-alkyl or cyclic N) is 1. The summed E-state index contributed by atoms with van der Waals surface area (Å²) in [6.45, 7) is 2.92. The standard InChI is InChI=1S/C22H23NO4.ClH/c24-17(14-23-10-4-5-11-23)15-26-18-8-9-19-20(16-6-2-1-3-7-16)13-22(25)27-21(19)12-18;/h1-3,6-9,12-13,17,24H,4-5,10-11,14-15H2;1H. The Morgan fingerprint density at radius 3 is 2.57 bits per heavy atom. The third kappa shape index (κ3) is 4.73. The van der Waals surface area contributed by atoms with Crippen molar-refractivity contribution in [3.63, 3.8) is 0 Å². The number of aliphatic hydroxyl groups is 1. The van der Waals surface area contributed by atoms with Crippen LogP contribution in [0.4, 0.5) is 0 Å². The zero-order valence-corrected chi connectivity index (χ0v) is 16.4. The molecule has 28 heavy (non-hydrogen) atoms. The highest BCUT2D eigenvalue weighted by Crippen LogP contribution is 2.29. The van der Waals surface area contributed by atoms with Crippen LogP contribution in [0.5, 0.6) is 5.75 Å². The van der Waals surface area contributed by atoms with Gasteiger partial charge in [0.05, 0.1) is 0 Å². The highest BCUT2D eigenvalue weighted by molar-refractivity contribution is 5.93. The molecule has 1 N–H and O–H groups in total. The van der Waals surface area contributed by atoms with Crippen molar-refractivity contribution in [2.45, 2.75) is 18.9 Å². The summed E-state index contributed by atoms with van der Waals surface area (Å²) < 4.78 is 11.1. The fourth-order valence-electron chi connectivity index (χ4n) is 3.60. The summed E-state index contributed by atoms with van der Waals surface area (Å²) >= 11 is 0. The summed E-state index contributed by atoms with van der Waals surface area (Å²) in [6.07, 6.45) is 1.85. The van der Waals surface area contributed by atoms with Gasteiger partial charge in [0.25, 0.3) is 0 Å². The van der Waals surface area contributed by atoms with Crippen LogP contribution in [0.2, 0.25) is 0 Å². The number of hydrogen-bond acceptors (Lipinski definition) is 5. The Morgan fingerprint density at radius 2 is 1.82 bits per heavy atom. The number of aliphatic hydroxyl groups excluding tert-OH is 1. The molecule has 0 bridgehead atoms. The quantitative estimate of drug-likeness (QED) is 0.638. The summed E-state index contributed by atoms with van der Waals surface area (Å²) in [6, 6.07) is 16.7. The average molecular weight is 402 g/mol. The highest BCUT2D eigenvalue weighted by atomic mass is 35.5. The summed E-state index contributed by atoms with van der Waals surface area (Å²) in [4.78, 5) is 14.2. The number of hydrogen-bond donors (Lipinski definition) is 1. The molecule has 4 rings (SSSR count). The molecular weight excluding hydrogens is 378 g/mol. The second-order valence-electron chi connectivity index (χ2n) is 6.98. The SMILES string of the molecule is Cl.O=c1cc(-c2ccccc2)c2ccc(OCC(O)CN3CCCC3)cc2o1. The lowest BCUT2D eigenvalue weighted by Gasteiger charge is -2.19. The third-order valence-electron chi connectivity index (χ3n) is 4.91. The van der Waals surface area contributed by atoms with Gasteiger partial charge in [-0.3, -0.25) is 0 Å². The minimum atomic E-state index is -0.540. The van der Waals surface area contributed by atoms with Crippen molar-refractivity contribution in [3.8, 4) is 16.9 Å². The maximum Gasteiger partial charge on any atom is 0.336 e. The van der Waals surface area contributed by atoms with Crippen molar-refractivity contribution in [2.24, 2.45) is 0 Å². The first-order valence-electron chi connectivity index (χ1n) is 9.35. The third-order valence-corrected chi connectivity index (χ3v) is 4.91. The first-order chi connectivity index (χ1) is 13.2. The van der Waals surface area contributed by atoms with Gasteiger partial charge < -0.3 is 19.2 Å². The molecule has 0 saturated carbocycles. The number of halogens is 1. The van der Waals surface area contributed by atoms with Gasteiger partial charge in [-0.2, -0.15) is 0 Å². The van der Waals surface area contributed by atoms with Gasteiger partial charge in [-0.15, -0.1) is 12.4 Å². The van der Waals surface area contributed by atoms with Crippen LogP contribution in [0.1, 0.15) is 12.8 Å². The molecule has 1 unspecified atom stereocenters. The van der Waals surface area contributed by atoms with Crippen LogP contribution in [0.3, 0.4) is 0 Å². The first-order valence-corrected chi connectivity index (χ1v) is 9.35. The van der Waals surface area contributed by atoms with E-state index >= 15 is 0 Å². The van der Waals surface area contributed by atoms with E-state index in [4.69, 9.17) is 9.15 Å². The van der Waals surface area contributed by atoms with Gasteiger partial charge in [-0.05, 0) is 49.2 Å². The molecule has 1 saturated heterocycles. The van der Waals surface area contributed by atoms with Crippen LogP contribution in [0, 0.1) is 0 Å². The van der Waals surface area contributed by atoms with Crippen molar-refractivity contribution in [1.29, 1.82) is 0 Å². The van der Waals surface area contributed by atoms with Gasteiger partial charge in [0.2, 0.25) is 0 Å². The fourth-order valence-corrected chi connectivity index (χ4v) is 3.60. The summed E-state index contributed by atoms with van der Waals surface area (Å²) in [5, 5.41) is 11.0. The van der Waals surface area contributed by atoms with E-state index in [1.807, 2.05) is 42.5 Å². The Labute approximate surface area is 170 Å². The lowest BCUT2D eigenvalue weighted by Crippen LogP contribution is -2.33. The summed E-state index contributed by atoms with van der Waals surface area (Å²) in [7, 11) is 0. The average Bonchev–Trinajstić information content (AvgIpc) is 3.19. The normalized spacial score (nSPS) is 15.3. The van der Waals surface area contributed by atoms with E-state index in [-0.39, 0.29) is 19.0 Å². The molecule has 148 valence electrons. The number of rotatable bonds is 6. The Bertz CT molecular complexity index is 967. The Kier molecular flexibility index (Phi) is 6.73. The van der Waals surface area contributed by atoms with E-state index in [0.717, 1.165) is 29.6 Å². The number of benzene rings is 2. The second kappa shape index (κ2) is 9.24. The highest BCUT2D eigenvalue weighted by Gasteiger charge is 2.16. The largest absolute Gasteiger partial charge is 0.491 e. The van der Waals surface area contributed by atoms with Crippen LogP contribution in [-0.2, 0) is 0 Å². The predicted octanol–water partition coefficient (Wildman–Crippen LogP) is 3.72. The van der Waals surface area contributed by atoms with Gasteiger partial charge in [0.15, 0.2) is 0 Å². The lowest BCUT2D eigenvalue weighted by molar-refractivity contribution is 0.0758. The topological polar surface area (TPSA) is 62.9 Å². The van der Waals surface area contributed by atoms with Crippen LogP contribution in [0.15, 0.2) is 63.8 Å². The van der Waals surface area contributed by atoms with Gasteiger partial charge >= 0.3 is 5.63 Å². The minimum Gasteiger partial charge on any atom is -0.491 e. The monoisotopic (exact) mass is 401 g/mol. The van der Waals surface area contributed by atoms with Crippen molar-refractivity contribution in [2.75, 3.05) is 26.2 Å². The molecule has 1 aliphatic heterocycles. The van der Waals surface area contributed by atoms with Crippen LogP contribution >= 0.6 is 12.4 Å². The van der Waals surface area contributed by atoms with Crippen LogP contribution < -0.4 is 10.4 Å². The van der Waals surface area contributed by atoms with Crippen molar-refractivity contribution in [3.05, 3.63) is 65.0 Å². The molecule has 0 aliphatic carbocycles. The van der Waals surface area contributed by atoms with Gasteiger partial charge in [-0.1, -0.05) is 30.3 Å². The minimum absolute atomic E-state index is 0. The molecule has 0 radical (unpaired) electrons. The van der Waals surface area contributed by atoms with Gasteiger partial charge in [0.1, 0.15) is 24.0 Å². The Hall–Kier alpha value is -2.34. The fraction of sp³-hybridized carbons (Fsp3) is 0.318. The Balaban J connectivity index is 0.00000225. The molecule has 0 amide bonds. The zero-order valence-electron chi connectivity index (χ0n) is 15.5. The number of ether oxygens (including phenoxy) is 1. The molecule has 5 nitrogen and oxygen atoms in total. The number of fused-ring (bicyclic) bond motifs is 1. The molecule has 1 aliphatic rings. The predicted molar refractivity (Wildman–Crippen MR) is 112 cm³/mol. The van der Waals surface area contributed by atoms with Gasteiger partial charge in [-0.25, -0.2) is 4.79 Å². The molecule has 1 aromatic heterocycles. The number of nitrogens with zero attached hydrogens (tertiary/aromatic N) is 1. The maximum atomic E-state index is 12.0. The second-order valence-corrected chi connectivity index (χ2v) is 6.98. The van der Waals surface area contributed by atoms with E-state index < -0.39 is 11.7 Å². The van der Waals surface area contributed by atoms with Crippen molar-refractivity contribution < 1.29 is 14.3 Å². The number of likely N-dealkylation sites (tertiary alicyclic amines) is 1. The summed E-state index contributed by atoms with van der Waals surface area (Å²) in [5.74, 6) is 0.580. The molecule has 0 spiro atoms. The zero-order chi connectivity index (χ0) is 18.6. The van der Waals surface area contributed by atoms with E-state index in [9.17, 15) is 9.90 Å². The van der Waals surface area contributed by atoms with Crippen LogP contribution in [0.25, 0.3) is 22.1 Å². The molecule has 2 heterocycles. The van der Waals surface area contributed by atoms with E-state index in [2.05, 4.69) is 4.90 Å². The lowest BCUT2D eigenvalue weighted by atomic mass is 10.0. The molecule has 6 heteroatoms. The van der Waals surface area contributed by atoms with Crippen LogP contribution in [-0.4, -0.2) is 42.4 Å². The first kappa shape index (κ1) is 20.4. The van der Waals surface area contributed by atoms with Gasteiger partial charge in [0, 0.05) is 24.1 Å². The summed E-state index contributed by atoms with van der Waals surface area (Å²) in [5.41, 5.74) is 1.88. The smallest absolute Gasteiger partial charge is 0.336 e. The van der Waals surface area contributed by atoms with Crippen molar-refractivity contribution >= 4 is 23.4 Å². The van der Waals surface area contributed by atoms with E-state index in [1.165, 1.54) is 18.9 Å². The Morgan fingerprint density at radius 1 is 1.07 bits per heavy atom. The molecular formula is C22H24ClNO4. The van der Waals surface area contributed by atoms with E-state index in [1.54, 1.807) is 6.07 Å². The maximum absolute atomic E-state index is 12.0. The molecule has 1 fully saturated rings. The molecule has 1 atom stereocenters. The van der Waals surface area contributed by atoms with Crippen molar-refractivity contribution in [1.82, 2.24) is 4.90 Å².